The highest BCUT2D eigenvalue weighted by Crippen LogP contribution is 2.41. The van der Waals surface area contributed by atoms with Gasteiger partial charge < -0.3 is 14.8 Å². The van der Waals surface area contributed by atoms with Crippen molar-refractivity contribution in [2.75, 3.05) is 26.1 Å². The third-order valence-corrected chi connectivity index (χ3v) is 2.80. The van der Waals surface area contributed by atoms with E-state index >= 15 is 0 Å². The zero-order valence-electron chi connectivity index (χ0n) is 10.7. The Morgan fingerprint density at radius 3 is 2.56 bits per heavy atom. The predicted molar refractivity (Wildman–Crippen MR) is 75.7 cm³/mol. The van der Waals surface area contributed by atoms with E-state index in [1.54, 1.807) is 20.3 Å². The topological polar surface area (TPSA) is 30.5 Å². The molecule has 0 heterocycles. The number of hydrogen-bond acceptors (Lipinski definition) is 3. The van der Waals surface area contributed by atoms with Crippen LogP contribution in [0, 0.1) is 0 Å². The van der Waals surface area contributed by atoms with Gasteiger partial charge in [-0.1, -0.05) is 30.3 Å². The fourth-order valence-corrected chi connectivity index (χ4v) is 2.01. The summed E-state index contributed by atoms with van der Waals surface area (Å²) < 4.78 is 10.9. The van der Waals surface area contributed by atoms with E-state index in [9.17, 15) is 0 Å². The van der Waals surface area contributed by atoms with Gasteiger partial charge in [-0.2, -0.15) is 0 Å². The van der Waals surface area contributed by atoms with Crippen molar-refractivity contribution >= 4 is 16.5 Å². The van der Waals surface area contributed by atoms with E-state index in [4.69, 9.17) is 9.47 Å². The third kappa shape index (κ3) is 2.12. The van der Waals surface area contributed by atoms with Gasteiger partial charge in [0, 0.05) is 11.9 Å². The lowest BCUT2D eigenvalue weighted by molar-refractivity contribution is 0.360. The van der Waals surface area contributed by atoms with E-state index in [1.165, 1.54) is 0 Å². The van der Waals surface area contributed by atoms with Crippen molar-refractivity contribution in [3.63, 3.8) is 0 Å². The fraction of sp³-hybridized carbons (Fsp3) is 0.200. The van der Waals surface area contributed by atoms with Crippen LogP contribution in [0.3, 0.4) is 0 Å². The molecule has 0 aliphatic carbocycles. The van der Waals surface area contributed by atoms with Gasteiger partial charge in [0.15, 0.2) is 11.5 Å². The number of fused-ring (bicyclic) bond motifs is 1. The van der Waals surface area contributed by atoms with Crippen LogP contribution < -0.4 is 14.8 Å². The predicted octanol–water partition coefficient (Wildman–Crippen LogP) is 3.45. The van der Waals surface area contributed by atoms with Crippen LogP contribution in [0.1, 0.15) is 0 Å². The van der Waals surface area contributed by atoms with Gasteiger partial charge in [0.2, 0.25) is 0 Å². The second kappa shape index (κ2) is 5.45. The molecule has 1 N–H and O–H groups in total. The SMILES string of the molecule is C=CCNc1cc2ccccc2c(OC)c1OC. The number of benzene rings is 2. The second-order valence-corrected chi connectivity index (χ2v) is 3.88. The summed E-state index contributed by atoms with van der Waals surface area (Å²) in [6.07, 6.45) is 1.81. The van der Waals surface area contributed by atoms with Gasteiger partial charge in [0.1, 0.15) is 0 Å². The number of rotatable bonds is 5. The molecule has 0 saturated heterocycles. The fourth-order valence-electron chi connectivity index (χ4n) is 2.01. The normalized spacial score (nSPS) is 10.1. The van der Waals surface area contributed by atoms with Crippen molar-refractivity contribution in [1.82, 2.24) is 0 Å². The van der Waals surface area contributed by atoms with E-state index < -0.39 is 0 Å². The molecule has 0 aliphatic heterocycles. The van der Waals surface area contributed by atoms with Crippen LogP contribution >= 0.6 is 0 Å². The Hall–Kier alpha value is -2.16. The summed E-state index contributed by atoms with van der Waals surface area (Å²) in [6.45, 7) is 4.38. The van der Waals surface area contributed by atoms with E-state index in [0.29, 0.717) is 6.54 Å². The molecule has 0 bridgehead atoms. The number of anilines is 1. The van der Waals surface area contributed by atoms with Crippen LogP contribution in [0.2, 0.25) is 0 Å². The molecule has 0 saturated carbocycles. The van der Waals surface area contributed by atoms with Crippen molar-refractivity contribution in [3.8, 4) is 11.5 Å². The zero-order valence-corrected chi connectivity index (χ0v) is 10.7. The molecule has 3 heteroatoms. The monoisotopic (exact) mass is 243 g/mol. The van der Waals surface area contributed by atoms with E-state index in [2.05, 4.69) is 24.0 Å². The minimum Gasteiger partial charge on any atom is -0.492 e. The van der Waals surface area contributed by atoms with Gasteiger partial charge in [0.05, 0.1) is 19.9 Å². The molecule has 94 valence electrons. The minimum absolute atomic E-state index is 0.678. The van der Waals surface area contributed by atoms with Crippen LogP contribution in [-0.4, -0.2) is 20.8 Å². The first-order valence-electron chi connectivity index (χ1n) is 5.80. The highest BCUT2D eigenvalue weighted by Gasteiger charge is 2.14. The minimum atomic E-state index is 0.678. The van der Waals surface area contributed by atoms with Crippen LogP contribution in [0.5, 0.6) is 11.5 Å². The molecule has 18 heavy (non-hydrogen) atoms. The first-order valence-corrected chi connectivity index (χ1v) is 5.80. The first-order chi connectivity index (χ1) is 8.81. The van der Waals surface area contributed by atoms with Crippen molar-refractivity contribution in [2.24, 2.45) is 0 Å². The van der Waals surface area contributed by atoms with Crippen molar-refractivity contribution < 1.29 is 9.47 Å². The number of hydrogen-bond donors (Lipinski definition) is 1. The van der Waals surface area contributed by atoms with Gasteiger partial charge in [-0.15, -0.1) is 6.58 Å². The summed E-state index contributed by atoms with van der Waals surface area (Å²) in [5.41, 5.74) is 0.910. The third-order valence-electron chi connectivity index (χ3n) is 2.80. The molecule has 0 radical (unpaired) electrons. The summed E-state index contributed by atoms with van der Waals surface area (Å²) in [4.78, 5) is 0. The molecule has 2 aromatic carbocycles. The van der Waals surface area contributed by atoms with Gasteiger partial charge in [-0.3, -0.25) is 0 Å². The summed E-state index contributed by atoms with van der Waals surface area (Å²) in [6, 6.07) is 10.1. The van der Waals surface area contributed by atoms with Gasteiger partial charge in [0.25, 0.3) is 0 Å². The smallest absolute Gasteiger partial charge is 0.184 e. The molecule has 3 nitrogen and oxygen atoms in total. The average molecular weight is 243 g/mol. The average Bonchev–Trinajstić information content (AvgIpc) is 2.43. The summed E-state index contributed by atoms with van der Waals surface area (Å²) in [5.74, 6) is 1.47. The van der Waals surface area contributed by atoms with Gasteiger partial charge in [-0.25, -0.2) is 0 Å². The molecule has 0 amide bonds. The number of methoxy groups -OCH3 is 2. The molecule has 0 unspecified atom stereocenters. The number of nitrogens with one attached hydrogen (secondary N) is 1. The zero-order chi connectivity index (χ0) is 13.0. The quantitative estimate of drug-likeness (QED) is 0.816. The largest absolute Gasteiger partial charge is 0.492 e. The van der Waals surface area contributed by atoms with Crippen molar-refractivity contribution in [1.29, 1.82) is 0 Å². The number of ether oxygens (including phenoxy) is 2. The maximum absolute atomic E-state index is 5.48. The standard InChI is InChI=1S/C15H17NO2/c1-4-9-16-13-10-11-7-5-6-8-12(11)14(17-2)15(13)18-3/h4-8,10,16H,1,9H2,2-3H3. The highest BCUT2D eigenvalue weighted by atomic mass is 16.5. The summed E-state index contributed by atoms with van der Waals surface area (Å²) >= 11 is 0. The maximum Gasteiger partial charge on any atom is 0.184 e. The lowest BCUT2D eigenvalue weighted by Crippen LogP contribution is -2.02. The Morgan fingerprint density at radius 1 is 1.17 bits per heavy atom. The molecular formula is C15H17NO2. The molecule has 0 fully saturated rings. The highest BCUT2D eigenvalue weighted by molar-refractivity contribution is 5.95. The second-order valence-electron chi connectivity index (χ2n) is 3.88. The van der Waals surface area contributed by atoms with Gasteiger partial charge in [-0.05, 0) is 11.5 Å². The maximum atomic E-state index is 5.48. The van der Waals surface area contributed by atoms with E-state index in [-0.39, 0.29) is 0 Å². The van der Waals surface area contributed by atoms with E-state index in [0.717, 1.165) is 28.0 Å². The molecule has 0 aromatic heterocycles. The van der Waals surface area contributed by atoms with Gasteiger partial charge >= 0.3 is 0 Å². The van der Waals surface area contributed by atoms with Crippen LogP contribution in [-0.2, 0) is 0 Å². The van der Waals surface area contributed by atoms with Crippen molar-refractivity contribution in [2.45, 2.75) is 0 Å². The summed E-state index contributed by atoms with van der Waals surface area (Å²) in [7, 11) is 3.30. The van der Waals surface area contributed by atoms with Crippen LogP contribution in [0.25, 0.3) is 10.8 Å². The van der Waals surface area contributed by atoms with Crippen molar-refractivity contribution in [3.05, 3.63) is 43.0 Å². The lowest BCUT2D eigenvalue weighted by Gasteiger charge is -2.16. The molecule has 0 spiro atoms. The Balaban J connectivity index is 2.65. The van der Waals surface area contributed by atoms with Crippen LogP contribution in [0.4, 0.5) is 5.69 Å². The lowest BCUT2D eigenvalue weighted by atomic mass is 10.1. The van der Waals surface area contributed by atoms with Crippen LogP contribution in [0.15, 0.2) is 43.0 Å². The molecule has 2 rings (SSSR count). The Labute approximate surface area is 107 Å². The summed E-state index contributed by atoms with van der Waals surface area (Å²) in [5, 5.41) is 5.41. The molecular weight excluding hydrogens is 226 g/mol. The molecule has 0 aliphatic rings. The Bertz CT molecular complexity index is 564. The Kier molecular flexibility index (Phi) is 3.72. The molecule has 0 atom stereocenters. The molecule has 2 aromatic rings. The first kappa shape index (κ1) is 12.3. The van der Waals surface area contributed by atoms with E-state index in [1.807, 2.05) is 18.2 Å². The Morgan fingerprint density at radius 2 is 1.89 bits per heavy atom.